The molecule has 1 aliphatic carbocycles. The minimum Gasteiger partial charge on any atom is -0.326 e. The van der Waals surface area contributed by atoms with Crippen LogP contribution < -0.4 is 11.1 Å². The Hall–Kier alpha value is -4.03. The number of nitrogens with zero attached hydrogens (tertiary/aromatic N) is 2. The third-order valence-electron chi connectivity index (χ3n) is 6.42. The summed E-state index contributed by atoms with van der Waals surface area (Å²) in [4.78, 5) is 13.3. The van der Waals surface area contributed by atoms with Crippen molar-refractivity contribution in [1.82, 2.24) is 9.78 Å². The second-order valence-electron chi connectivity index (χ2n) is 9.27. The van der Waals surface area contributed by atoms with Gasteiger partial charge in [0.1, 0.15) is 11.5 Å². The fourth-order valence-corrected chi connectivity index (χ4v) is 4.31. The second kappa shape index (κ2) is 10.3. The first-order valence-corrected chi connectivity index (χ1v) is 12.2. The van der Waals surface area contributed by atoms with Crippen molar-refractivity contribution < 1.29 is 9.18 Å². The molecule has 3 aromatic carbocycles. The van der Waals surface area contributed by atoms with Crippen LogP contribution in [0.3, 0.4) is 0 Å². The Morgan fingerprint density at radius 2 is 1.86 bits per heavy atom. The van der Waals surface area contributed by atoms with Gasteiger partial charge in [0.2, 0.25) is 0 Å². The van der Waals surface area contributed by atoms with E-state index in [9.17, 15) is 9.18 Å². The number of nitrogens with one attached hydrogen (secondary N) is 1. The van der Waals surface area contributed by atoms with Crippen LogP contribution in [0.4, 0.5) is 10.1 Å². The standard InChI is InChI=1S/C30H29FN4O/c1-20-16-29(35(34-20)25-9-5-6-22(17-25)19-32)30(36)33-28-18-24(13-15-27(28)31)26(14-12-21-10-11-21)23-7-3-2-4-8-23/h2-9,13-18,21H,10-12,19,32H2,1H3,(H,33,36). The Labute approximate surface area is 210 Å². The molecule has 1 amide bonds. The molecule has 5 nitrogen and oxygen atoms in total. The average Bonchev–Trinajstić information content (AvgIpc) is 3.65. The summed E-state index contributed by atoms with van der Waals surface area (Å²) in [5.41, 5.74) is 11.5. The first-order chi connectivity index (χ1) is 17.5. The molecule has 0 spiro atoms. The predicted molar refractivity (Wildman–Crippen MR) is 141 cm³/mol. The number of nitrogens with two attached hydrogens (primary N) is 1. The maximum absolute atomic E-state index is 14.9. The monoisotopic (exact) mass is 480 g/mol. The maximum Gasteiger partial charge on any atom is 0.274 e. The summed E-state index contributed by atoms with van der Waals surface area (Å²) >= 11 is 0. The van der Waals surface area contributed by atoms with Crippen molar-refractivity contribution in [3.8, 4) is 5.69 Å². The normalized spacial score (nSPS) is 13.6. The smallest absolute Gasteiger partial charge is 0.274 e. The number of aryl methyl sites for hydroxylation is 1. The van der Waals surface area contributed by atoms with Crippen molar-refractivity contribution in [3.05, 3.63) is 119 Å². The number of benzene rings is 3. The molecule has 0 aliphatic heterocycles. The van der Waals surface area contributed by atoms with Gasteiger partial charge in [0.25, 0.3) is 5.91 Å². The summed E-state index contributed by atoms with van der Waals surface area (Å²) in [6, 6.07) is 24.2. The van der Waals surface area contributed by atoms with Crippen LogP contribution >= 0.6 is 0 Å². The molecule has 3 N–H and O–H groups in total. The van der Waals surface area contributed by atoms with Crippen molar-refractivity contribution in [1.29, 1.82) is 0 Å². The van der Waals surface area contributed by atoms with Crippen LogP contribution in [0.2, 0.25) is 0 Å². The minimum atomic E-state index is -0.491. The van der Waals surface area contributed by atoms with Gasteiger partial charge in [-0.15, -0.1) is 0 Å². The minimum absolute atomic E-state index is 0.131. The number of aromatic nitrogens is 2. The van der Waals surface area contributed by atoms with Crippen molar-refractivity contribution in [2.45, 2.75) is 32.7 Å². The molecule has 1 fully saturated rings. The van der Waals surface area contributed by atoms with Crippen LogP contribution in [0.15, 0.2) is 84.9 Å². The predicted octanol–water partition coefficient (Wildman–Crippen LogP) is 6.26. The van der Waals surface area contributed by atoms with Crippen LogP contribution in [0, 0.1) is 18.7 Å². The molecule has 1 saturated carbocycles. The number of anilines is 1. The zero-order valence-electron chi connectivity index (χ0n) is 20.2. The second-order valence-corrected chi connectivity index (χ2v) is 9.27. The van der Waals surface area contributed by atoms with Crippen LogP contribution in [0.5, 0.6) is 0 Å². The molecule has 182 valence electrons. The fraction of sp³-hybridized carbons (Fsp3) is 0.200. The van der Waals surface area contributed by atoms with E-state index in [4.69, 9.17) is 5.73 Å². The lowest BCUT2D eigenvalue weighted by molar-refractivity contribution is 0.101. The Morgan fingerprint density at radius 1 is 1.06 bits per heavy atom. The molecule has 36 heavy (non-hydrogen) atoms. The number of hydrogen-bond acceptors (Lipinski definition) is 3. The topological polar surface area (TPSA) is 72.9 Å². The van der Waals surface area contributed by atoms with E-state index < -0.39 is 11.7 Å². The summed E-state index contributed by atoms with van der Waals surface area (Å²) in [7, 11) is 0. The molecular weight excluding hydrogens is 451 g/mol. The Morgan fingerprint density at radius 3 is 2.61 bits per heavy atom. The summed E-state index contributed by atoms with van der Waals surface area (Å²) in [6.45, 7) is 2.20. The highest BCUT2D eigenvalue weighted by molar-refractivity contribution is 6.04. The van der Waals surface area contributed by atoms with E-state index >= 15 is 0 Å². The van der Waals surface area contributed by atoms with E-state index in [1.807, 2.05) is 49.4 Å². The number of carbonyl (C=O) groups is 1. The third-order valence-corrected chi connectivity index (χ3v) is 6.42. The Bertz CT molecular complexity index is 1420. The van der Waals surface area contributed by atoms with Gasteiger partial charge >= 0.3 is 0 Å². The molecule has 6 heteroatoms. The van der Waals surface area contributed by atoms with E-state index in [1.165, 1.54) is 18.9 Å². The zero-order valence-corrected chi connectivity index (χ0v) is 20.2. The first kappa shape index (κ1) is 23.7. The number of allylic oxidation sites excluding steroid dienone is 1. The van der Waals surface area contributed by atoms with Gasteiger partial charge in [-0.05, 0) is 84.7 Å². The SMILES string of the molecule is Cc1cc(C(=O)Nc2cc(C(=CCC3CC3)c3ccccc3)ccc2F)n(-c2cccc(CN)c2)n1. The molecule has 0 unspecified atom stereocenters. The molecule has 1 aliphatic rings. The number of amides is 1. The van der Waals surface area contributed by atoms with Crippen molar-refractivity contribution in [2.24, 2.45) is 11.7 Å². The van der Waals surface area contributed by atoms with Gasteiger partial charge in [0.15, 0.2) is 0 Å². The largest absolute Gasteiger partial charge is 0.326 e. The number of rotatable bonds is 8. The van der Waals surface area contributed by atoms with Crippen molar-refractivity contribution in [2.75, 3.05) is 5.32 Å². The quantitative estimate of drug-likeness (QED) is 0.312. The molecule has 0 atom stereocenters. The van der Waals surface area contributed by atoms with Crippen molar-refractivity contribution in [3.63, 3.8) is 0 Å². The Balaban J connectivity index is 1.46. The van der Waals surface area contributed by atoms with Gasteiger partial charge < -0.3 is 11.1 Å². The van der Waals surface area contributed by atoms with Crippen LogP contribution in [-0.4, -0.2) is 15.7 Å². The molecule has 5 rings (SSSR count). The van der Waals surface area contributed by atoms with Gasteiger partial charge in [0, 0.05) is 6.54 Å². The summed E-state index contributed by atoms with van der Waals surface area (Å²) in [5.74, 6) is -0.202. The highest BCUT2D eigenvalue weighted by Gasteiger charge is 2.21. The third kappa shape index (κ3) is 5.29. The molecule has 0 radical (unpaired) electrons. The van der Waals surface area contributed by atoms with Crippen LogP contribution in [0.1, 0.15) is 52.1 Å². The van der Waals surface area contributed by atoms with Crippen LogP contribution in [0.25, 0.3) is 11.3 Å². The lowest BCUT2D eigenvalue weighted by Crippen LogP contribution is -2.18. The fourth-order valence-electron chi connectivity index (χ4n) is 4.31. The Kier molecular flexibility index (Phi) is 6.78. The summed E-state index contributed by atoms with van der Waals surface area (Å²) in [5, 5.41) is 7.26. The van der Waals surface area contributed by atoms with Gasteiger partial charge in [0.05, 0.1) is 17.1 Å². The molecule has 1 aromatic heterocycles. The van der Waals surface area contributed by atoms with Gasteiger partial charge in [-0.2, -0.15) is 5.10 Å². The highest BCUT2D eigenvalue weighted by atomic mass is 19.1. The average molecular weight is 481 g/mol. The van der Waals surface area contributed by atoms with Gasteiger partial charge in [-0.1, -0.05) is 54.6 Å². The van der Waals surface area contributed by atoms with E-state index in [0.29, 0.717) is 17.9 Å². The number of halogens is 1. The van der Waals surface area contributed by atoms with E-state index in [0.717, 1.165) is 40.3 Å². The van der Waals surface area contributed by atoms with Gasteiger partial charge in [-0.25, -0.2) is 9.07 Å². The molecule has 0 bridgehead atoms. The highest BCUT2D eigenvalue weighted by Crippen LogP contribution is 2.35. The number of hydrogen-bond donors (Lipinski definition) is 2. The van der Waals surface area contributed by atoms with E-state index in [2.05, 4.69) is 28.6 Å². The lowest BCUT2D eigenvalue weighted by Gasteiger charge is -2.13. The zero-order chi connectivity index (χ0) is 25.1. The molecular formula is C30H29FN4O. The maximum atomic E-state index is 14.9. The molecule has 0 saturated heterocycles. The molecule has 4 aromatic rings. The summed E-state index contributed by atoms with van der Waals surface area (Å²) in [6.07, 6.45) is 5.73. The first-order valence-electron chi connectivity index (χ1n) is 12.2. The van der Waals surface area contributed by atoms with E-state index in [-0.39, 0.29) is 5.69 Å². The van der Waals surface area contributed by atoms with E-state index in [1.54, 1.807) is 22.9 Å². The number of carbonyl (C=O) groups excluding carboxylic acids is 1. The lowest BCUT2D eigenvalue weighted by atomic mass is 9.96. The van der Waals surface area contributed by atoms with Crippen molar-refractivity contribution >= 4 is 17.2 Å². The summed E-state index contributed by atoms with van der Waals surface area (Å²) < 4.78 is 16.5. The molecule has 1 heterocycles. The van der Waals surface area contributed by atoms with Gasteiger partial charge in [-0.3, -0.25) is 4.79 Å². The van der Waals surface area contributed by atoms with Crippen LogP contribution in [-0.2, 0) is 6.54 Å².